The van der Waals surface area contributed by atoms with Crippen molar-refractivity contribution in [1.82, 2.24) is 15.1 Å². The molecule has 0 atom stereocenters. The van der Waals surface area contributed by atoms with E-state index >= 15 is 0 Å². The van der Waals surface area contributed by atoms with Crippen LogP contribution >= 0.6 is 0 Å². The van der Waals surface area contributed by atoms with E-state index in [0.29, 0.717) is 6.04 Å². The van der Waals surface area contributed by atoms with Gasteiger partial charge in [-0.05, 0) is 50.1 Å². The number of aromatic nitrogens is 2. The standard InChI is InChI=1S/C18H31N3/c1-2-15-7-9-16(10-8-15)13-19-14-17-11-12-21(20-17)18-5-3-4-6-18/h11-12,15-16,18-19H,2-10,13-14H2,1H3. The molecule has 0 bridgehead atoms. The molecule has 0 amide bonds. The van der Waals surface area contributed by atoms with Gasteiger partial charge >= 0.3 is 0 Å². The van der Waals surface area contributed by atoms with E-state index in [9.17, 15) is 0 Å². The summed E-state index contributed by atoms with van der Waals surface area (Å²) in [4.78, 5) is 0. The highest BCUT2D eigenvalue weighted by molar-refractivity contribution is 5.00. The molecular weight excluding hydrogens is 258 g/mol. The Labute approximate surface area is 129 Å². The van der Waals surface area contributed by atoms with E-state index in [1.165, 1.54) is 70.0 Å². The fourth-order valence-electron chi connectivity index (χ4n) is 4.09. The molecule has 0 spiro atoms. The molecule has 2 saturated carbocycles. The number of rotatable bonds is 6. The summed E-state index contributed by atoms with van der Waals surface area (Å²) in [5.41, 5.74) is 1.21. The van der Waals surface area contributed by atoms with E-state index in [4.69, 9.17) is 5.10 Å². The van der Waals surface area contributed by atoms with Gasteiger partial charge < -0.3 is 5.32 Å². The second-order valence-corrected chi connectivity index (χ2v) is 7.15. The van der Waals surface area contributed by atoms with E-state index in [-0.39, 0.29) is 0 Å². The maximum Gasteiger partial charge on any atom is 0.0762 e. The molecule has 0 saturated heterocycles. The molecule has 0 unspecified atom stereocenters. The second kappa shape index (κ2) is 7.44. The first-order valence-electron chi connectivity index (χ1n) is 9.10. The summed E-state index contributed by atoms with van der Waals surface area (Å²) in [6.45, 7) is 4.45. The average Bonchev–Trinajstić information content (AvgIpc) is 3.19. The van der Waals surface area contributed by atoms with E-state index < -0.39 is 0 Å². The van der Waals surface area contributed by atoms with Crippen LogP contribution in [0.3, 0.4) is 0 Å². The van der Waals surface area contributed by atoms with Crippen molar-refractivity contribution in [3.05, 3.63) is 18.0 Å². The zero-order valence-corrected chi connectivity index (χ0v) is 13.6. The first kappa shape index (κ1) is 15.1. The van der Waals surface area contributed by atoms with Crippen LogP contribution in [-0.2, 0) is 6.54 Å². The topological polar surface area (TPSA) is 29.9 Å². The monoisotopic (exact) mass is 289 g/mol. The van der Waals surface area contributed by atoms with Crippen molar-refractivity contribution in [3.63, 3.8) is 0 Å². The minimum absolute atomic E-state index is 0.670. The molecule has 3 heteroatoms. The molecule has 3 nitrogen and oxygen atoms in total. The third-order valence-corrected chi connectivity index (χ3v) is 5.65. The number of nitrogens with one attached hydrogen (secondary N) is 1. The maximum atomic E-state index is 4.75. The molecule has 0 aromatic carbocycles. The van der Waals surface area contributed by atoms with Crippen LogP contribution in [-0.4, -0.2) is 16.3 Å². The Morgan fingerprint density at radius 1 is 1.10 bits per heavy atom. The van der Waals surface area contributed by atoms with Gasteiger partial charge in [-0.1, -0.05) is 39.0 Å². The number of hydrogen-bond acceptors (Lipinski definition) is 2. The average molecular weight is 289 g/mol. The second-order valence-electron chi connectivity index (χ2n) is 7.15. The Hall–Kier alpha value is -0.830. The molecule has 1 aromatic rings. The minimum atomic E-state index is 0.670. The third kappa shape index (κ3) is 4.09. The lowest BCUT2D eigenvalue weighted by atomic mass is 9.81. The molecular formula is C18H31N3. The van der Waals surface area contributed by atoms with Gasteiger partial charge in [0.25, 0.3) is 0 Å². The van der Waals surface area contributed by atoms with Gasteiger partial charge in [0, 0.05) is 12.7 Å². The zero-order chi connectivity index (χ0) is 14.5. The predicted octanol–water partition coefficient (Wildman–Crippen LogP) is 4.30. The van der Waals surface area contributed by atoms with E-state index in [2.05, 4.69) is 29.2 Å². The SMILES string of the molecule is CCC1CCC(CNCc2ccn(C3CCCC3)n2)CC1. The summed E-state index contributed by atoms with van der Waals surface area (Å²) in [5.74, 6) is 1.90. The van der Waals surface area contributed by atoms with Gasteiger partial charge in [-0.15, -0.1) is 0 Å². The normalized spacial score (nSPS) is 27.3. The lowest BCUT2D eigenvalue weighted by molar-refractivity contribution is 0.262. The number of hydrogen-bond donors (Lipinski definition) is 1. The van der Waals surface area contributed by atoms with Gasteiger partial charge in [0.2, 0.25) is 0 Å². The van der Waals surface area contributed by atoms with Crippen LogP contribution in [0.2, 0.25) is 0 Å². The van der Waals surface area contributed by atoms with Crippen molar-refractivity contribution in [1.29, 1.82) is 0 Å². The molecule has 2 aliphatic rings. The maximum absolute atomic E-state index is 4.75. The largest absolute Gasteiger partial charge is 0.311 e. The van der Waals surface area contributed by atoms with Gasteiger partial charge in [-0.2, -0.15) is 5.10 Å². The first-order valence-corrected chi connectivity index (χ1v) is 9.10. The van der Waals surface area contributed by atoms with Crippen LogP contribution in [0.4, 0.5) is 0 Å². The van der Waals surface area contributed by atoms with Crippen molar-refractivity contribution in [3.8, 4) is 0 Å². The van der Waals surface area contributed by atoms with Crippen LogP contribution < -0.4 is 5.32 Å². The molecule has 1 N–H and O–H groups in total. The van der Waals surface area contributed by atoms with Crippen LogP contribution in [0.25, 0.3) is 0 Å². The lowest BCUT2D eigenvalue weighted by Gasteiger charge is -2.27. The molecule has 21 heavy (non-hydrogen) atoms. The molecule has 1 aromatic heterocycles. The first-order chi connectivity index (χ1) is 10.3. The van der Waals surface area contributed by atoms with Crippen molar-refractivity contribution >= 4 is 0 Å². The van der Waals surface area contributed by atoms with Crippen LogP contribution in [0.1, 0.15) is 76.4 Å². The van der Waals surface area contributed by atoms with Gasteiger partial charge in [0.15, 0.2) is 0 Å². The molecule has 118 valence electrons. The summed E-state index contributed by atoms with van der Waals surface area (Å²) >= 11 is 0. The Morgan fingerprint density at radius 3 is 2.52 bits per heavy atom. The Morgan fingerprint density at radius 2 is 1.81 bits per heavy atom. The third-order valence-electron chi connectivity index (χ3n) is 5.65. The van der Waals surface area contributed by atoms with Crippen LogP contribution in [0.5, 0.6) is 0 Å². The van der Waals surface area contributed by atoms with Gasteiger partial charge in [-0.3, -0.25) is 4.68 Å². The predicted molar refractivity (Wildman–Crippen MR) is 87.2 cm³/mol. The van der Waals surface area contributed by atoms with Crippen molar-refractivity contribution in [2.75, 3.05) is 6.54 Å². The van der Waals surface area contributed by atoms with Crippen LogP contribution in [0.15, 0.2) is 12.3 Å². The zero-order valence-electron chi connectivity index (χ0n) is 13.6. The Balaban J connectivity index is 1.37. The Kier molecular flexibility index (Phi) is 5.34. The highest BCUT2D eigenvalue weighted by Crippen LogP contribution is 2.30. The lowest BCUT2D eigenvalue weighted by Crippen LogP contribution is -2.26. The van der Waals surface area contributed by atoms with Crippen molar-refractivity contribution in [2.24, 2.45) is 11.8 Å². The van der Waals surface area contributed by atoms with Gasteiger partial charge in [-0.25, -0.2) is 0 Å². The van der Waals surface area contributed by atoms with E-state index in [1.54, 1.807) is 0 Å². The molecule has 2 aliphatic carbocycles. The number of nitrogens with zero attached hydrogens (tertiary/aromatic N) is 2. The Bertz CT molecular complexity index is 412. The summed E-state index contributed by atoms with van der Waals surface area (Å²) < 4.78 is 2.20. The fourth-order valence-corrected chi connectivity index (χ4v) is 4.09. The molecule has 1 heterocycles. The molecule has 3 rings (SSSR count). The summed E-state index contributed by atoms with van der Waals surface area (Å²) in [5, 5.41) is 8.39. The quantitative estimate of drug-likeness (QED) is 0.846. The van der Waals surface area contributed by atoms with Crippen LogP contribution in [0, 0.1) is 11.8 Å². The molecule has 0 aliphatic heterocycles. The van der Waals surface area contributed by atoms with Gasteiger partial charge in [0.1, 0.15) is 0 Å². The van der Waals surface area contributed by atoms with Crippen molar-refractivity contribution < 1.29 is 0 Å². The molecule has 2 fully saturated rings. The smallest absolute Gasteiger partial charge is 0.0762 e. The van der Waals surface area contributed by atoms with Gasteiger partial charge in [0.05, 0.1) is 11.7 Å². The fraction of sp³-hybridized carbons (Fsp3) is 0.833. The molecule has 0 radical (unpaired) electrons. The van der Waals surface area contributed by atoms with E-state index in [1.807, 2.05) is 0 Å². The summed E-state index contributed by atoms with van der Waals surface area (Å²) in [7, 11) is 0. The minimum Gasteiger partial charge on any atom is -0.311 e. The summed E-state index contributed by atoms with van der Waals surface area (Å²) in [6, 6.07) is 2.86. The summed E-state index contributed by atoms with van der Waals surface area (Å²) in [6.07, 6.45) is 14.7. The highest BCUT2D eigenvalue weighted by Gasteiger charge is 2.20. The van der Waals surface area contributed by atoms with E-state index in [0.717, 1.165) is 18.4 Å². The van der Waals surface area contributed by atoms with Crippen molar-refractivity contribution in [2.45, 2.75) is 77.3 Å². The highest BCUT2D eigenvalue weighted by atomic mass is 15.3.